The van der Waals surface area contributed by atoms with E-state index in [4.69, 9.17) is 5.73 Å². The van der Waals surface area contributed by atoms with Crippen LogP contribution in [0.2, 0.25) is 0 Å². The first-order valence-electron chi connectivity index (χ1n) is 4.81. The summed E-state index contributed by atoms with van der Waals surface area (Å²) in [6, 6.07) is 5.90. The van der Waals surface area contributed by atoms with Crippen molar-refractivity contribution in [1.82, 2.24) is 0 Å². The highest BCUT2D eigenvalue weighted by Gasteiger charge is 2.28. The summed E-state index contributed by atoms with van der Waals surface area (Å²) in [6.07, 6.45) is -3.33. The van der Waals surface area contributed by atoms with E-state index in [1.165, 1.54) is 12.1 Å². The van der Waals surface area contributed by atoms with E-state index in [-0.39, 0.29) is 11.1 Å². The first-order valence-corrected chi connectivity index (χ1v) is 4.81. The van der Waals surface area contributed by atoms with Gasteiger partial charge in [0.25, 0.3) is 0 Å². The van der Waals surface area contributed by atoms with Crippen LogP contribution in [0.1, 0.15) is 22.0 Å². The molecule has 0 spiro atoms. The highest BCUT2D eigenvalue weighted by molar-refractivity contribution is 5.94. The first-order chi connectivity index (χ1) is 7.99. The summed E-state index contributed by atoms with van der Waals surface area (Å²) in [5, 5.41) is 19.2. The van der Waals surface area contributed by atoms with Crippen molar-refractivity contribution in [2.45, 2.75) is 12.2 Å². The normalized spacial score (nSPS) is 13.8. The van der Waals surface area contributed by atoms with Gasteiger partial charge in [0.15, 0.2) is 6.10 Å². The molecule has 4 N–H and O–H groups in total. The van der Waals surface area contributed by atoms with Crippen molar-refractivity contribution >= 4 is 11.9 Å². The minimum absolute atomic E-state index is 0.0444. The second-order valence-corrected chi connectivity index (χ2v) is 3.36. The number of carbonyl (C=O) groups excluding carboxylic acids is 2. The van der Waals surface area contributed by atoms with E-state index in [1.807, 2.05) is 0 Å². The van der Waals surface area contributed by atoms with Gasteiger partial charge in [-0.3, -0.25) is 4.79 Å². The summed E-state index contributed by atoms with van der Waals surface area (Å²) in [5.74, 6) is -1.74. The number of hydrogen-bond acceptors (Lipinski definition) is 5. The van der Waals surface area contributed by atoms with E-state index < -0.39 is 24.1 Å². The Bertz CT molecular complexity index is 432. The molecule has 92 valence electrons. The predicted octanol–water partition coefficient (Wildman–Crippen LogP) is -0.647. The quantitative estimate of drug-likeness (QED) is 0.605. The standard InChI is InChI=1S/C11H13NO5/c1-17-11(16)9(14)8(13)6-4-2-3-5-7(6)10(12)15/h2-5,8-9,13-14H,1H3,(H2,12,15). The molecule has 0 aliphatic heterocycles. The molecular weight excluding hydrogens is 226 g/mol. The Morgan fingerprint density at radius 1 is 1.29 bits per heavy atom. The number of esters is 1. The Hall–Kier alpha value is -1.92. The number of nitrogens with two attached hydrogens (primary N) is 1. The van der Waals surface area contributed by atoms with E-state index >= 15 is 0 Å². The number of rotatable bonds is 4. The van der Waals surface area contributed by atoms with Gasteiger partial charge in [-0.25, -0.2) is 4.79 Å². The molecule has 6 nitrogen and oxygen atoms in total. The van der Waals surface area contributed by atoms with Crippen molar-refractivity contribution in [2.75, 3.05) is 7.11 Å². The Labute approximate surface area is 97.6 Å². The molecule has 2 unspecified atom stereocenters. The molecule has 2 atom stereocenters. The number of hydrogen-bond donors (Lipinski definition) is 3. The van der Waals surface area contributed by atoms with Crippen molar-refractivity contribution in [2.24, 2.45) is 5.73 Å². The van der Waals surface area contributed by atoms with Crippen LogP contribution in [0.15, 0.2) is 24.3 Å². The first kappa shape index (κ1) is 13.1. The summed E-state index contributed by atoms with van der Waals surface area (Å²) in [4.78, 5) is 22.2. The van der Waals surface area contributed by atoms with Crippen LogP contribution in [0.5, 0.6) is 0 Å². The maximum Gasteiger partial charge on any atom is 0.337 e. The fourth-order valence-electron chi connectivity index (χ4n) is 1.40. The number of ether oxygens (including phenoxy) is 1. The van der Waals surface area contributed by atoms with Crippen LogP contribution in [0.25, 0.3) is 0 Å². The largest absolute Gasteiger partial charge is 0.467 e. The second kappa shape index (κ2) is 5.42. The van der Waals surface area contributed by atoms with Gasteiger partial charge in [-0.05, 0) is 11.6 Å². The number of aliphatic hydroxyl groups is 2. The van der Waals surface area contributed by atoms with Gasteiger partial charge in [0.2, 0.25) is 5.91 Å². The van der Waals surface area contributed by atoms with Crippen LogP contribution < -0.4 is 5.73 Å². The van der Waals surface area contributed by atoms with Gasteiger partial charge < -0.3 is 20.7 Å². The van der Waals surface area contributed by atoms with Crippen molar-refractivity contribution in [3.8, 4) is 0 Å². The summed E-state index contributed by atoms with van der Waals surface area (Å²) in [6.45, 7) is 0. The van der Waals surface area contributed by atoms with Crippen LogP contribution in [-0.2, 0) is 9.53 Å². The lowest BCUT2D eigenvalue weighted by molar-refractivity contribution is -0.156. The van der Waals surface area contributed by atoms with Crippen LogP contribution in [0, 0.1) is 0 Å². The predicted molar refractivity (Wildman–Crippen MR) is 57.9 cm³/mol. The SMILES string of the molecule is COC(=O)C(O)C(O)c1ccccc1C(N)=O. The molecule has 0 saturated heterocycles. The molecular formula is C11H13NO5. The van der Waals surface area contributed by atoms with E-state index in [9.17, 15) is 19.8 Å². The maximum absolute atomic E-state index is 11.1. The zero-order valence-corrected chi connectivity index (χ0v) is 9.16. The molecule has 0 fully saturated rings. The topological polar surface area (TPSA) is 110 Å². The van der Waals surface area contributed by atoms with Gasteiger partial charge in [-0.1, -0.05) is 18.2 Å². The highest BCUT2D eigenvalue weighted by atomic mass is 16.5. The summed E-state index contributed by atoms with van der Waals surface area (Å²) in [7, 11) is 1.08. The molecule has 1 aromatic carbocycles. The zero-order valence-electron chi connectivity index (χ0n) is 9.16. The van der Waals surface area contributed by atoms with Crippen molar-refractivity contribution in [3.05, 3.63) is 35.4 Å². The van der Waals surface area contributed by atoms with E-state index in [0.717, 1.165) is 7.11 Å². The summed E-state index contributed by atoms with van der Waals surface area (Å²) < 4.78 is 4.29. The molecule has 17 heavy (non-hydrogen) atoms. The third-order valence-electron chi connectivity index (χ3n) is 2.29. The van der Waals surface area contributed by atoms with Gasteiger partial charge in [-0.15, -0.1) is 0 Å². The average molecular weight is 239 g/mol. The van der Waals surface area contributed by atoms with Crippen molar-refractivity contribution in [1.29, 1.82) is 0 Å². The van der Waals surface area contributed by atoms with E-state index in [2.05, 4.69) is 4.74 Å². The average Bonchev–Trinajstić information content (AvgIpc) is 2.35. The monoisotopic (exact) mass is 239 g/mol. The fourth-order valence-corrected chi connectivity index (χ4v) is 1.40. The Kier molecular flexibility index (Phi) is 4.19. The molecule has 0 radical (unpaired) electrons. The number of primary amides is 1. The lowest BCUT2D eigenvalue weighted by atomic mass is 9.98. The van der Waals surface area contributed by atoms with Gasteiger partial charge in [0.1, 0.15) is 6.10 Å². The third kappa shape index (κ3) is 2.80. The van der Waals surface area contributed by atoms with Crippen LogP contribution in [-0.4, -0.2) is 35.3 Å². The van der Waals surface area contributed by atoms with Gasteiger partial charge in [0, 0.05) is 5.56 Å². The molecule has 1 aromatic rings. The Morgan fingerprint density at radius 3 is 2.41 bits per heavy atom. The van der Waals surface area contributed by atoms with Gasteiger partial charge in [-0.2, -0.15) is 0 Å². The molecule has 1 rings (SSSR count). The molecule has 0 bridgehead atoms. The number of aliphatic hydroxyl groups excluding tert-OH is 2. The number of methoxy groups -OCH3 is 1. The lowest BCUT2D eigenvalue weighted by Crippen LogP contribution is -2.30. The highest BCUT2D eigenvalue weighted by Crippen LogP contribution is 2.21. The molecule has 0 aliphatic rings. The molecule has 0 aromatic heterocycles. The molecule has 1 amide bonds. The molecule has 0 heterocycles. The number of amides is 1. The molecule has 0 aliphatic carbocycles. The fraction of sp³-hybridized carbons (Fsp3) is 0.273. The van der Waals surface area contributed by atoms with Crippen LogP contribution >= 0.6 is 0 Å². The zero-order chi connectivity index (χ0) is 13.0. The maximum atomic E-state index is 11.1. The van der Waals surface area contributed by atoms with E-state index in [1.54, 1.807) is 12.1 Å². The Morgan fingerprint density at radius 2 is 1.88 bits per heavy atom. The lowest BCUT2D eigenvalue weighted by Gasteiger charge is -2.17. The minimum Gasteiger partial charge on any atom is -0.467 e. The number of benzene rings is 1. The number of carbonyl (C=O) groups is 2. The van der Waals surface area contributed by atoms with Crippen molar-refractivity contribution in [3.63, 3.8) is 0 Å². The van der Waals surface area contributed by atoms with Crippen LogP contribution in [0.3, 0.4) is 0 Å². The molecule has 6 heteroatoms. The summed E-state index contributed by atoms with van der Waals surface area (Å²) >= 11 is 0. The minimum atomic E-state index is -1.76. The smallest absolute Gasteiger partial charge is 0.337 e. The van der Waals surface area contributed by atoms with Crippen molar-refractivity contribution < 1.29 is 24.5 Å². The third-order valence-corrected chi connectivity index (χ3v) is 2.29. The molecule has 0 saturated carbocycles. The Balaban J connectivity index is 3.07. The summed E-state index contributed by atoms with van der Waals surface area (Å²) in [5.41, 5.74) is 5.24. The van der Waals surface area contributed by atoms with Crippen LogP contribution in [0.4, 0.5) is 0 Å². The van der Waals surface area contributed by atoms with Gasteiger partial charge in [0.05, 0.1) is 7.11 Å². The van der Waals surface area contributed by atoms with E-state index in [0.29, 0.717) is 0 Å². The van der Waals surface area contributed by atoms with Gasteiger partial charge >= 0.3 is 5.97 Å². The second-order valence-electron chi connectivity index (χ2n) is 3.36.